The molecule has 2 heteroatoms. The third kappa shape index (κ3) is 3.51. The van der Waals surface area contributed by atoms with E-state index in [9.17, 15) is 5.11 Å². The zero-order chi connectivity index (χ0) is 11.4. The predicted octanol–water partition coefficient (Wildman–Crippen LogP) is 3.26. The smallest absolute Gasteiger partial charge is 0.0715 e. The van der Waals surface area contributed by atoms with Crippen molar-refractivity contribution in [1.82, 2.24) is 0 Å². The lowest BCUT2D eigenvalue weighted by Crippen LogP contribution is -2.13. The van der Waals surface area contributed by atoms with Crippen molar-refractivity contribution < 1.29 is 5.11 Å². The van der Waals surface area contributed by atoms with Gasteiger partial charge in [0, 0.05) is 5.88 Å². The van der Waals surface area contributed by atoms with E-state index in [1.807, 2.05) is 0 Å². The highest BCUT2D eigenvalue weighted by Crippen LogP contribution is 2.19. The number of aliphatic hydroxyl groups is 1. The Kier molecular flexibility index (Phi) is 4.62. The molecule has 1 N–H and O–H groups in total. The van der Waals surface area contributed by atoms with Gasteiger partial charge in [0.25, 0.3) is 0 Å². The molecule has 0 saturated carbocycles. The zero-order valence-electron chi connectivity index (χ0n) is 9.63. The number of benzene rings is 1. The van der Waals surface area contributed by atoms with Gasteiger partial charge in [0.05, 0.1) is 6.10 Å². The third-order valence-electron chi connectivity index (χ3n) is 2.67. The normalized spacial score (nSPS) is 13.2. The second-order valence-corrected chi connectivity index (χ2v) is 4.66. The van der Waals surface area contributed by atoms with E-state index in [2.05, 4.69) is 39.0 Å². The van der Waals surface area contributed by atoms with Gasteiger partial charge in [-0.1, -0.05) is 32.0 Å². The van der Waals surface area contributed by atoms with Gasteiger partial charge in [-0.2, -0.15) is 0 Å². The highest BCUT2D eigenvalue weighted by molar-refractivity contribution is 6.18. The van der Waals surface area contributed by atoms with E-state index in [0.29, 0.717) is 18.2 Å². The van der Waals surface area contributed by atoms with Gasteiger partial charge in [-0.3, -0.25) is 0 Å². The van der Waals surface area contributed by atoms with Crippen LogP contribution in [0, 0.1) is 6.92 Å². The summed E-state index contributed by atoms with van der Waals surface area (Å²) in [6, 6.07) is 6.44. The lowest BCUT2D eigenvalue weighted by Gasteiger charge is -2.13. The summed E-state index contributed by atoms with van der Waals surface area (Å²) in [4.78, 5) is 0. The van der Waals surface area contributed by atoms with Crippen molar-refractivity contribution in [3.8, 4) is 0 Å². The van der Waals surface area contributed by atoms with E-state index in [0.717, 1.165) is 0 Å². The maximum absolute atomic E-state index is 9.53. The molecule has 0 spiro atoms. The SMILES string of the molecule is Cc1ccc(C(C)C)cc1CC(O)CCl. The summed E-state index contributed by atoms with van der Waals surface area (Å²) in [5, 5.41) is 9.53. The Morgan fingerprint density at radius 3 is 2.53 bits per heavy atom. The summed E-state index contributed by atoms with van der Waals surface area (Å²) < 4.78 is 0. The molecule has 1 atom stereocenters. The molecular weight excluding hydrogens is 208 g/mol. The first kappa shape index (κ1) is 12.5. The molecule has 1 nitrogen and oxygen atoms in total. The van der Waals surface area contributed by atoms with Crippen LogP contribution in [0.3, 0.4) is 0 Å². The van der Waals surface area contributed by atoms with E-state index in [1.165, 1.54) is 16.7 Å². The van der Waals surface area contributed by atoms with Gasteiger partial charge in [0.2, 0.25) is 0 Å². The Morgan fingerprint density at radius 1 is 1.33 bits per heavy atom. The number of halogens is 1. The van der Waals surface area contributed by atoms with Crippen LogP contribution >= 0.6 is 11.6 Å². The fourth-order valence-electron chi connectivity index (χ4n) is 1.58. The summed E-state index contributed by atoms with van der Waals surface area (Å²) in [5.41, 5.74) is 3.75. The van der Waals surface area contributed by atoms with Crippen LogP contribution in [0.2, 0.25) is 0 Å². The number of rotatable bonds is 4. The number of hydrogen-bond acceptors (Lipinski definition) is 1. The molecule has 0 radical (unpaired) electrons. The molecule has 0 saturated heterocycles. The molecule has 84 valence electrons. The molecule has 0 heterocycles. The van der Waals surface area contributed by atoms with Gasteiger partial charge >= 0.3 is 0 Å². The van der Waals surface area contributed by atoms with Crippen LogP contribution in [-0.2, 0) is 6.42 Å². The molecule has 0 aromatic heterocycles. The number of aryl methyl sites for hydroxylation is 1. The minimum Gasteiger partial charge on any atom is -0.392 e. The molecule has 1 unspecified atom stereocenters. The highest BCUT2D eigenvalue weighted by atomic mass is 35.5. The Bertz CT molecular complexity index is 320. The average molecular weight is 227 g/mol. The lowest BCUT2D eigenvalue weighted by atomic mass is 9.95. The molecule has 0 aliphatic rings. The number of aliphatic hydroxyl groups excluding tert-OH is 1. The summed E-state index contributed by atoms with van der Waals surface area (Å²) in [7, 11) is 0. The van der Waals surface area contributed by atoms with Crippen LogP contribution in [0.4, 0.5) is 0 Å². The Morgan fingerprint density at radius 2 is 2.00 bits per heavy atom. The van der Waals surface area contributed by atoms with Crippen molar-refractivity contribution >= 4 is 11.6 Å². The topological polar surface area (TPSA) is 20.2 Å². The molecule has 15 heavy (non-hydrogen) atoms. The summed E-state index contributed by atoms with van der Waals surface area (Å²) in [6.07, 6.45) is 0.211. The van der Waals surface area contributed by atoms with Crippen LogP contribution in [0.5, 0.6) is 0 Å². The standard InChI is InChI=1S/C13H19ClO/c1-9(2)11-5-4-10(3)12(6-11)7-13(15)8-14/h4-6,9,13,15H,7-8H2,1-3H3. The fourth-order valence-corrected chi connectivity index (χ4v) is 1.69. The highest BCUT2D eigenvalue weighted by Gasteiger charge is 2.08. The van der Waals surface area contributed by atoms with Gasteiger partial charge in [-0.25, -0.2) is 0 Å². The fraction of sp³-hybridized carbons (Fsp3) is 0.538. The first-order valence-corrected chi connectivity index (χ1v) is 5.91. The number of alkyl halides is 1. The second-order valence-electron chi connectivity index (χ2n) is 4.35. The molecule has 0 amide bonds. The maximum Gasteiger partial charge on any atom is 0.0715 e. The molecule has 0 aliphatic carbocycles. The second kappa shape index (κ2) is 5.53. The van der Waals surface area contributed by atoms with E-state index in [4.69, 9.17) is 11.6 Å². The molecule has 0 bridgehead atoms. The van der Waals surface area contributed by atoms with Crippen molar-refractivity contribution in [1.29, 1.82) is 0 Å². The van der Waals surface area contributed by atoms with Gasteiger partial charge in [0.15, 0.2) is 0 Å². The molecule has 1 aromatic carbocycles. The quantitative estimate of drug-likeness (QED) is 0.782. The van der Waals surface area contributed by atoms with Crippen molar-refractivity contribution in [3.63, 3.8) is 0 Å². The van der Waals surface area contributed by atoms with Crippen LogP contribution < -0.4 is 0 Å². The van der Waals surface area contributed by atoms with Crippen LogP contribution in [0.1, 0.15) is 36.5 Å². The molecular formula is C13H19ClO. The maximum atomic E-state index is 9.53. The van der Waals surface area contributed by atoms with Gasteiger partial charge in [-0.15, -0.1) is 11.6 Å². The third-order valence-corrected chi connectivity index (χ3v) is 3.03. The summed E-state index contributed by atoms with van der Waals surface area (Å²) in [5.74, 6) is 0.822. The minimum absolute atomic E-state index is 0.297. The summed E-state index contributed by atoms with van der Waals surface area (Å²) >= 11 is 5.61. The van der Waals surface area contributed by atoms with Crippen LogP contribution in [-0.4, -0.2) is 17.1 Å². The molecule has 1 rings (SSSR count). The largest absolute Gasteiger partial charge is 0.392 e. The van der Waals surface area contributed by atoms with Gasteiger partial charge < -0.3 is 5.11 Å². The first-order chi connectivity index (χ1) is 7.04. The number of hydrogen-bond donors (Lipinski definition) is 1. The lowest BCUT2D eigenvalue weighted by molar-refractivity contribution is 0.198. The minimum atomic E-state index is -0.437. The van der Waals surface area contributed by atoms with Crippen molar-refractivity contribution in [2.45, 2.75) is 39.2 Å². The van der Waals surface area contributed by atoms with E-state index in [1.54, 1.807) is 0 Å². The van der Waals surface area contributed by atoms with Crippen molar-refractivity contribution in [2.75, 3.05) is 5.88 Å². The van der Waals surface area contributed by atoms with Crippen LogP contribution in [0.25, 0.3) is 0 Å². The van der Waals surface area contributed by atoms with Crippen molar-refractivity contribution in [3.05, 3.63) is 34.9 Å². The van der Waals surface area contributed by atoms with Gasteiger partial charge in [-0.05, 0) is 36.0 Å². The molecule has 1 aromatic rings. The van der Waals surface area contributed by atoms with Gasteiger partial charge in [0.1, 0.15) is 0 Å². The van der Waals surface area contributed by atoms with E-state index in [-0.39, 0.29) is 0 Å². The zero-order valence-corrected chi connectivity index (χ0v) is 10.4. The first-order valence-electron chi connectivity index (χ1n) is 5.38. The Labute approximate surface area is 97.1 Å². The molecule has 0 aliphatic heterocycles. The van der Waals surface area contributed by atoms with E-state index < -0.39 is 6.10 Å². The van der Waals surface area contributed by atoms with Crippen LogP contribution in [0.15, 0.2) is 18.2 Å². The van der Waals surface area contributed by atoms with E-state index >= 15 is 0 Å². The summed E-state index contributed by atoms with van der Waals surface area (Å²) in [6.45, 7) is 6.42. The Hall–Kier alpha value is -0.530. The average Bonchev–Trinajstić information content (AvgIpc) is 2.20. The monoisotopic (exact) mass is 226 g/mol. The Balaban J connectivity index is 2.90. The van der Waals surface area contributed by atoms with Crippen molar-refractivity contribution in [2.24, 2.45) is 0 Å². The molecule has 0 fully saturated rings. The predicted molar refractivity (Wildman–Crippen MR) is 65.7 cm³/mol.